The van der Waals surface area contributed by atoms with Gasteiger partial charge in [-0.25, -0.2) is 9.37 Å². The quantitative estimate of drug-likeness (QED) is 0.261. The highest BCUT2D eigenvalue weighted by Crippen LogP contribution is 2.43. The number of carbonyl (C=O) groups is 1. The lowest BCUT2D eigenvalue weighted by Gasteiger charge is -2.39. The first-order chi connectivity index (χ1) is 19.0. The van der Waals surface area contributed by atoms with Crippen molar-refractivity contribution in [3.8, 4) is 11.1 Å². The maximum Gasteiger partial charge on any atom is 0.416 e. The number of hydrogen-bond acceptors (Lipinski definition) is 3. The van der Waals surface area contributed by atoms with Crippen LogP contribution < -0.4 is 5.32 Å². The molecule has 3 unspecified atom stereocenters. The maximum atomic E-state index is 14.4. The number of hydrogen-bond donors (Lipinski definition) is 1. The SMILES string of the molecule is COC1CC(C(=O)Nc2ccc(C(F)(F)F)cc2F)[C@H](C)C(c2ccc(-c3ccc4c(c3)nc(C)n4C)cc2)C1. The van der Waals surface area contributed by atoms with Crippen molar-refractivity contribution >= 4 is 22.6 Å². The molecule has 0 bridgehead atoms. The zero-order valence-corrected chi connectivity index (χ0v) is 22.7. The summed E-state index contributed by atoms with van der Waals surface area (Å²) in [7, 11) is 3.59. The van der Waals surface area contributed by atoms with Crippen molar-refractivity contribution in [2.75, 3.05) is 12.4 Å². The highest BCUT2D eigenvalue weighted by atomic mass is 19.4. The molecule has 40 heavy (non-hydrogen) atoms. The van der Waals surface area contributed by atoms with E-state index < -0.39 is 29.4 Å². The number of amides is 1. The van der Waals surface area contributed by atoms with E-state index in [0.29, 0.717) is 18.9 Å². The summed E-state index contributed by atoms with van der Waals surface area (Å²) in [5.74, 6) is -1.24. The Kier molecular flexibility index (Phi) is 7.44. The first-order valence-corrected chi connectivity index (χ1v) is 13.2. The van der Waals surface area contributed by atoms with E-state index in [1.807, 2.05) is 20.9 Å². The molecule has 1 heterocycles. The molecule has 1 aliphatic carbocycles. The number of aryl methyl sites for hydroxylation is 2. The summed E-state index contributed by atoms with van der Waals surface area (Å²) in [6.45, 7) is 3.95. The van der Waals surface area contributed by atoms with Crippen molar-refractivity contribution in [1.82, 2.24) is 9.55 Å². The summed E-state index contributed by atoms with van der Waals surface area (Å²) < 4.78 is 60.9. The number of nitrogens with zero attached hydrogens (tertiary/aromatic N) is 2. The van der Waals surface area contributed by atoms with Crippen LogP contribution in [0.3, 0.4) is 0 Å². The van der Waals surface area contributed by atoms with Crippen LogP contribution in [0.15, 0.2) is 60.7 Å². The van der Waals surface area contributed by atoms with E-state index in [1.54, 1.807) is 7.11 Å². The van der Waals surface area contributed by atoms with E-state index >= 15 is 0 Å². The Morgan fingerprint density at radius 2 is 1.73 bits per heavy atom. The largest absolute Gasteiger partial charge is 0.416 e. The Labute approximate surface area is 230 Å². The highest BCUT2D eigenvalue weighted by molar-refractivity contribution is 5.93. The predicted molar refractivity (Wildman–Crippen MR) is 146 cm³/mol. The number of halogens is 4. The number of aromatic nitrogens is 2. The van der Waals surface area contributed by atoms with E-state index in [9.17, 15) is 22.4 Å². The van der Waals surface area contributed by atoms with Gasteiger partial charge in [-0.1, -0.05) is 37.3 Å². The van der Waals surface area contributed by atoms with Gasteiger partial charge >= 0.3 is 6.18 Å². The molecule has 4 atom stereocenters. The molecule has 1 saturated carbocycles. The molecule has 1 fully saturated rings. The smallest absolute Gasteiger partial charge is 0.381 e. The van der Waals surface area contributed by atoms with E-state index in [4.69, 9.17) is 4.74 Å². The van der Waals surface area contributed by atoms with Crippen LogP contribution in [0.25, 0.3) is 22.2 Å². The minimum Gasteiger partial charge on any atom is -0.381 e. The molecule has 210 valence electrons. The number of methoxy groups -OCH3 is 1. The Hall–Kier alpha value is -3.72. The summed E-state index contributed by atoms with van der Waals surface area (Å²) in [5, 5.41) is 2.51. The molecule has 5 nitrogen and oxygen atoms in total. The third kappa shape index (κ3) is 5.35. The van der Waals surface area contributed by atoms with Gasteiger partial charge in [-0.2, -0.15) is 13.2 Å². The Morgan fingerprint density at radius 3 is 2.38 bits per heavy atom. The van der Waals surface area contributed by atoms with Crippen LogP contribution in [0.2, 0.25) is 0 Å². The van der Waals surface area contributed by atoms with Crippen molar-refractivity contribution in [2.45, 2.75) is 44.9 Å². The van der Waals surface area contributed by atoms with Crippen molar-refractivity contribution in [3.63, 3.8) is 0 Å². The number of nitrogens with one attached hydrogen (secondary N) is 1. The van der Waals surface area contributed by atoms with Crippen LogP contribution in [-0.2, 0) is 22.8 Å². The molecule has 4 aromatic rings. The minimum atomic E-state index is -4.67. The molecular weight excluding hydrogens is 522 g/mol. The fourth-order valence-electron chi connectivity index (χ4n) is 5.79. The first-order valence-electron chi connectivity index (χ1n) is 13.2. The van der Waals surface area contributed by atoms with E-state index in [-0.39, 0.29) is 23.6 Å². The molecular formula is C31H31F4N3O2. The number of carbonyl (C=O) groups excluding carboxylic acids is 1. The molecule has 0 saturated heterocycles. The number of ether oxygens (including phenoxy) is 1. The van der Waals surface area contributed by atoms with Gasteiger partial charge in [0.2, 0.25) is 5.91 Å². The second-order valence-corrected chi connectivity index (χ2v) is 10.6. The Balaban J connectivity index is 1.35. The van der Waals surface area contributed by atoms with Gasteiger partial charge in [0.1, 0.15) is 11.6 Å². The van der Waals surface area contributed by atoms with Crippen LogP contribution in [0, 0.1) is 24.6 Å². The lowest BCUT2D eigenvalue weighted by molar-refractivity contribution is -0.137. The van der Waals surface area contributed by atoms with Gasteiger partial charge in [0.25, 0.3) is 0 Å². The molecule has 1 N–H and O–H groups in total. The van der Waals surface area contributed by atoms with E-state index in [1.165, 1.54) is 0 Å². The van der Waals surface area contributed by atoms with Crippen molar-refractivity contribution in [3.05, 3.63) is 83.4 Å². The first kappa shape index (κ1) is 27.8. The number of fused-ring (bicyclic) bond motifs is 1. The Bertz CT molecular complexity index is 1540. The molecule has 3 aromatic carbocycles. The monoisotopic (exact) mass is 553 g/mol. The molecule has 1 aromatic heterocycles. The average Bonchev–Trinajstić information content (AvgIpc) is 3.21. The van der Waals surface area contributed by atoms with Gasteiger partial charge in [0.15, 0.2) is 0 Å². The zero-order valence-electron chi connectivity index (χ0n) is 22.7. The second-order valence-electron chi connectivity index (χ2n) is 10.6. The molecule has 0 radical (unpaired) electrons. The van der Waals surface area contributed by atoms with Gasteiger partial charge in [-0.15, -0.1) is 0 Å². The lowest BCUT2D eigenvalue weighted by Crippen LogP contribution is -2.40. The molecule has 0 spiro atoms. The normalized spacial score (nSPS) is 21.5. The summed E-state index contributed by atoms with van der Waals surface area (Å²) in [6.07, 6.45) is -3.71. The average molecular weight is 554 g/mol. The number of rotatable bonds is 5. The maximum absolute atomic E-state index is 14.4. The molecule has 1 aliphatic rings. The summed E-state index contributed by atoms with van der Waals surface area (Å²) >= 11 is 0. The van der Waals surface area contributed by atoms with Gasteiger partial charge in [-0.3, -0.25) is 4.79 Å². The molecule has 5 rings (SSSR count). The summed E-state index contributed by atoms with van der Waals surface area (Å²) in [5.41, 5.74) is 3.79. The van der Waals surface area contributed by atoms with Gasteiger partial charge in [0.05, 0.1) is 28.4 Å². The van der Waals surface area contributed by atoms with E-state index in [0.717, 1.165) is 45.7 Å². The minimum absolute atomic E-state index is 0.00173. The standard InChI is InChI=1S/C31H31F4N3O2/c1-17-24(20-7-5-19(6-8-20)21-9-12-29-28(13-21)36-18(2)38(29)3)15-23(40-4)16-25(17)30(39)37-27-11-10-22(14-26(27)32)31(33,34)35/h5-14,17,23-25H,15-16H2,1-4H3,(H,37,39)/t17-,23?,24?,25?/m1/s1. The lowest BCUT2D eigenvalue weighted by atomic mass is 9.68. The van der Waals surface area contributed by atoms with Crippen molar-refractivity contribution in [1.29, 1.82) is 0 Å². The number of alkyl halides is 3. The van der Waals surface area contributed by atoms with Crippen molar-refractivity contribution in [2.24, 2.45) is 18.9 Å². The predicted octanol–water partition coefficient (Wildman–Crippen LogP) is 7.49. The van der Waals surface area contributed by atoms with Gasteiger partial charge < -0.3 is 14.6 Å². The topological polar surface area (TPSA) is 56.1 Å². The summed E-state index contributed by atoms with van der Waals surface area (Å²) in [4.78, 5) is 17.9. The van der Waals surface area contributed by atoms with Crippen LogP contribution in [0.5, 0.6) is 0 Å². The number of imidazole rings is 1. The second kappa shape index (κ2) is 10.7. The number of benzene rings is 3. The van der Waals surface area contributed by atoms with Crippen LogP contribution in [0.1, 0.15) is 42.6 Å². The third-order valence-corrected chi connectivity index (χ3v) is 8.30. The van der Waals surface area contributed by atoms with Crippen LogP contribution in [0.4, 0.5) is 23.2 Å². The van der Waals surface area contributed by atoms with Crippen molar-refractivity contribution < 1.29 is 27.1 Å². The fourth-order valence-corrected chi connectivity index (χ4v) is 5.79. The molecule has 1 amide bonds. The highest BCUT2D eigenvalue weighted by Gasteiger charge is 2.40. The Morgan fingerprint density at radius 1 is 1.02 bits per heavy atom. The van der Waals surface area contributed by atoms with Crippen LogP contribution in [-0.4, -0.2) is 28.7 Å². The van der Waals surface area contributed by atoms with Gasteiger partial charge in [0, 0.05) is 20.1 Å². The van der Waals surface area contributed by atoms with Crippen LogP contribution >= 0.6 is 0 Å². The molecule has 9 heteroatoms. The van der Waals surface area contributed by atoms with E-state index in [2.05, 4.69) is 57.3 Å². The van der Waals surface area contributed by atoms with Gasteiger partial charge in [-0.05, 0) is 78.6 Å². The third-order valence-electron chi connectivity index (χ3n) is 8.30. The number of anilines is 1. The molecule has 0 aliphatic heterocycles. The summed E-state index contributed by atoms with van der Waals surface area (Å²) in [6, 6.07) is 16.6. The fraction of sp³-hybridized carbons (Fsp3) is 0.355. The zero-order chi connectivity index (χ0) is 28.8.